The molecule has 0 atom stereocenters. The second-order valence-electron chi connectivity index (χ2n) is 4.93. The number of nitro groups is 1. The normalized spacial score (nSPS) is 23.3. The Hall–Kier alpha value is -0.980. The first kappa shape index (κ1) is 14.4. The molecule has 104 valence electrons. The molecule has 1 aromatic carbocycles. The lowest BCUT2D eigenvalue weighted by Crippen LogP contribution is -2.34. The molecule has 0 saturated heterocycles. The van der Waals surface area contributed by atoms with Crippen LogP contribution < -0.4 is 5.32 Å². The molecule has 5 nitrogen and oxygen atoms in total. The van der Waals surface area contributed by atoms with Gasteiger partial charge in [0.25, 0.3) is 5.69 Å². The quantitative estimate of drug-likeness (QED) is 0.658. The van der Waals surface area contributed by atoms with Crippen LogP contribution in [0.5, 0.6) is 0 Å². The van der Waals surface area contributed by atoms with E-state index in [9.17, 15) is 15.2 Å². The summed E-state index contributed by atoms with van der Waals surface area (Å²) in [6, 6.07) is 5.57. The number of nitro benzene ring substituents is 1. The van der Waals surface area contributed by atoms with E-state index in [4.69, 9.17) is 0 Å². The lowest BCUT2D eigenvalue weighted by molar-refractivity contribution is -0.385. The summed E-state index contributed by atoms with van der Waals surface area (Å²) in [6.45, 7) is 0.620. The summed E-state index contributed by atoms with van der Waals surface area (Å²) in [6.07, 6.45) is 3.42. The molecule has 19 heavy (non-hydrogen) atoms. The van der Waals surface area contributed by atoms with Gasteiger partial charge in [-0.2, -0.15) is 0 Å². The maximum absolute atomic E-state index is 10.8. The average Bonchev–Trinajstić information content (AvgIpc) is 2.39. The first-order chi connectivity index (χ1) is 9.06. The Balaban J connectivity index is 1.92. The lowest BCUT2D eigenvalue weighted by atomic mass is 9.93. The van der Waals surface area contributed by atoms with Crippen molar-refractivity contribution in [2.24, 2.45) is 0 Å². The second-order valence-corrected chi connectivity index (χ2v) is 5.78. The van der Waals surface area contributed by atoms with Gasteiger partial charge in [-0.1, -0.05) is 6.07 Å². The molecule has 0 radical (unpaired) electrons. The number of benzene rings is 1. The lowest BCUT2D eigenvalue weighted by Gasteiger charge is -2.26. The van der Waals surface area contributed by atoms with Crippen LogP contribution in [-0.2, 0) is 6.54 Å². The van der Waals surface area contributed by atoms with Crippen LogP contribution in [0, 0.1) is 10.1 Å². The minimum absolute atomic E-state index is 0.0957. The molecule has 0 bridgehead atoms. The van der Waals surface area contributed by atoms with Gasteiger partial charge >= 0.3 is 0 Å². The van der Waals surface area contributed by atoms with Gasteiger partial charge in [-0.25, -0.2) is 0 Å². The van der Waals surface area contributed by atoms with Crippen LogP contribution in [0.4, 0.5) is 5.69 Å². The Morgan fingerprint density at radius 1 is 1.37 bits per heavy atom. The molecule has 1 aliphatic rings. The molecule has 6 heteroatoms. The molecule has 1 aliphatic carbocycles. The molecule has 0 aliphatic heterocycles. The summed E-state index contributed by atoms with van der Waals surface area (Å²) in [5.74, 6) is 0. The highest BCUT2D eigenvalue weighted by atomic mass is 79.9. The van der Waals surface area contributed by atoms with E-state index < -0.39 is 0 Å². The van der Waals surface area contributed by atoms with Gasteiger partial charge in [-0.15, -0.1) is 0 Å². The third-order valence-electron chi connectivity index (χ3n) is 3.50. The fraction of sp³-hybridized carbons (Fsp3) is 0.538. The number of hydrogen-bond acceptors (Lipinski definition) is 4. The number of nitrogens with one attached hydrogen (secondary N) is 1. The zero-order valence-electron chi connectivity index (χ0n) is 10.5. The standard InChI is InChI=1S/C13H17BrN2O3/c14-12-6-1-9(7-13(12)16(18)19)8-15-10-2-4-11(17)5-3-10/h1,6-7,10-11,15,17H,2-5,8H2. The highest BCUT2D eigenvalue weighted by molar-refractivity contribution is 9.10. The molecular formula is C13H17BrN2O3. The monoisotopic (exact) mass is 328 g/mol. The summed E-state index contributed by atoms with van der Waals surface area (Å²) >= 11 is 3.18. The number of nitrogens with zero attached hydrogens (tertiary/aromatic N) is 1. The molecule has 2 rings (SSSR count). The third kappa shape index (κ3) is 3.99. The van der Waals surface area contributed by atoms with Crippen molar-refractivity contribution < 1.29 is 10.0 Å². The number of rotatable bonds is 4. The molecule has 1 saturated carbocycles. The van der Waals surface area contributed by atoms with Crippen molar-refractivity contribution in [1.29, 1.82) is 0 Å². The van der Waals surface area contributed by atoms with Crippen molar-refractivity contribution in [1.82, 2.24) is 5.32 Å². The number of halogens is 1. The molecule has 0 spiro atoms. The Labute approximate surface area is 120 Å². The third-order valence-corrected chi connectivity index (χ3v) is 4.17. The van der Waals surface area contributed by atoms with Gasteiger partial charge in [0, 0.05) is 18.7 Å². The van der Waals surface area contributed by atoms with Crippen molar-refractivity contribution in [3.05, 3.63) is 38.3 Å². The van der Waals surface area contributed by atoms with Crippen LogP contribution in [-0.4, -0.2) is 22.2 Å². The molecule has 1 aromatic rings. The Kier molecular flexibility index (Phi) is 4.90. The summed E-state index contributed by atoms with van der Waals surface area (Å²) in [4.78, 5) is 10.5. The highest BCUT2D eigenvalue weighted by Gasteiger charge is 2.19. The molecule has 0 heterocycles. The van der Waals surface area contributed by atoms with Crippen molar-refractivity contribution in [2.75, 3.05) is 0 Å². The minimum Gasteiger partial charge on any atom is -0.393 e. The zero-order valence-corrected chi connectivity index (χ0v) is 12.1. The Morgan fingerprint density at radius 2 is 2.05 bits per heavy atom. The topological polar surface area (TPSA) is 75.4 Å². The van der Waals surface area contributed by atoms with E-state index in [-0.39, 0.29) is 16.7 Å². The average molecular weight is 329 g/mol. The number of hydrogen-bond donors (Lipinski definition) is 2. The number of aliphatic hydroxyl groups excluding tert-OH is 1. The molecule has 0 amide bonds. The summed E-state index contributed by atoms with van der Waals surface area (Å²) < 4.78 is 0.502. The smallest absolute Gasteiger partial charge is 0.283 e. The largest absolute Gasteiger partial charge is 0.393 e. The van der Waals surface area contributed by atoms with Crippen molar-refractivity contribution >= 4 is 21.6 Å². The second kappa shape index (κ2) is 6.45. The predicted molar refractivity (Wildman–Crippen MR) is 75.9 cm³/mol. The minimum atomic E-state index is -0.384. The predicted octanol–water partition coefficient (Wildman–Crippen LogP) is 2.75. The molecule has 0 aromatic heterocycles. The molecule has 2 N–H and O–H groups in total. The van der Waals surface area contributed by atoms with Gasteiger partial charge in [0.05, 0.1) is 15.5 Å². The SMILES string of the molecule is O=[N+]([O-])c1cc(CNC2CCC(O)CC2)ccc1Br. The van der Waals surface area contributed by atoms with Gasteiger partial charge in [-0.05, 0) is 53.2 Å². The maximum Gasteiger partial charge on any atom is 0.283 e. The van der Waals surface area contributed by atoms with Crippen LogP contribution >= 0.6 is 15.9 Å². The highest BCUT2D eigenvalue weighted by Crippen LogP contribution is 2.26. The van der Waals surface area contributed by atoms with Gasteiger partial charge < -0.3 is 10.4 Å². The van der Waals surface area contributed by atoms with Crippen LogP contribution in [0.15, 0.2) is 22.7 Å². The molecular weight excluding hydrogens is 312 g/mol. The van der Waals surface area contributed by atoms with Gasteiger partial charge in [0.1, 0.15) is 0 Å². The van der Waals surface area contributed by atoms with E-state index in [1.54, 1.807) is 12.1 Å². The fourth-order valence-corrected chi connectivity index (χ4v) is 2.74. The van der Waals surface area contributed by atoms with Gasteiger partial charge in [0.2, 0.25) is 0 Å². The van der Waals surface area contributed by atoms with E-state index in [0.29, 0.717) is 17.1 Å². The first-order valence-electron chi connectivity index (χ1n) is 6.40. The molecule has 1 fully saturated rings. The number of aliphatic hydroxyl groups is 1. The van der Waals surface area contributed by atoms with Crippen LogP contribution in [0.3, 0.4) is 0 Å². The summed E-state index contributed by atoms with van der Waals surface area (Å²) in [5, 5.41) is 23.7. The van der Waals surface area contributed by atoms with E-state index in [0.717, 1.165) is 31.2 Å². The van der Waals surface area contributed by atoms with E-state index in [2.05, 4.69) is 21.2 Å². The van der Waals surface area contributed by atoms with Crippen LogP contribution in [0.1, 0.15) is 31.2 Å². The van der Waals surface area contributed by atoms with E-state index >= 15 is 0 Å². The Bertz CT molecular complexity index is 459. The van der Waals surface area contributed by atoms with Gasteiger partial charge in [-0.3, -0.25) is 10.1 Å². The van der Waals surface area contributed by atoms with Crippen LogP contribution in [0.2, 0.25) is 0 Å². The maximum atomic E-state index is 10.8. The summed E-state index contributed by atoms with van der Waals surface area (Å²) in [7, 11) is 0. The summed E-state index contributed by atoms with van der Waals surface area (Å²) in [5.41, 5.74) is 0.999. The zero-order chi connectivity index (χ0) is 13.8. The van der Waals surface area contributed by atoms with Crippen molar-refractivity contribution in [2.45, 2.75) is 44.4 Å². The fourth-order valence-electron chi connectivity index (χ4n) is 2.35. The van der Waals surface area contributed by atoms with Crippen molar-refractivity contribution in [3.63, 3.8) is 0 Å². The van der Waals surface area contributed by atoms with E-state index in [1.165, 1.54) is 0 Å². The first-order valence-corrected chi connectivity index (χ1v) is 7.20. The van der Waals surface area contributed by atoms with Crippen LogP contribution in [0.25, 0.3) is 0 Å². The molecule has 0 unspecified atom stereocenters. The van der Waals surface area contributed by atoms with E-state index in [1.807, 2.05) is 6.07 Å². The van der Waals surface area contributed by atoms with Crippen molar-refractivity contribution in [3.8, 4) is 0 Å². The van der Waals surface area contributed by atoms with Gasteiger partial charge in [0.15, 0.2) is 0 Å². The Morgan fingerprint density at radius 3 is 2.68 bits per heavy atom.